The molecule has 1 atom stereocenters. The zero-order valence-corrected chi connectivity index (χ0v) is 21.1. The van der Waals surface area contributed by atoms with Crippen LogP contribution in [0, 0.1) is 19.8 Å². The molecule has 7 heteroatoms. The summed E-state index contributed by atoms with van der Waals surface area (Å²) in [6, 6.07) is 17.3. The van der Waals surface area contributed by atoms with Crippen molar-refractivity contribution in [3.63, 3.8) is 0 Å². The Balaban J connectivity index is 1.72. The standard InChI is InChI=1S/C27H32N4O2S/c1-18(2)14-15-30-23(32)17-34-27-24(20(4)29-31(27)22-8-6-5-7-9-22)25(30)26(33)28-16-21-12-10-19(3)11-13-21/h5-13,18,25H,14-17H2,1-4H3,(H,28,33)/t25-/m0/s1. The van der Waals surface area contributed by atoms with Crippen LogP contribution in [0.25, 0.3) is 5.69 Å². The summed E-state index contributed by atoms with van der Waals surface area (Å²) in [6.07, 6.45) is 0.833. The molecule has 0 fully saturated rings. The molecule has 0 saturated heterocycles. The number of aromatic nitrogens is 2. The Labute approximate surface area is 205 Å². The molecule has 2 amide bonds. The lowest BCUT2D eigenvalue weighted by molar-refractivity contribution is -0.139. The van der Waals surface area contributed by atoms with Crippen molar-refractivity contribution in [3.8, 4) is 5.69 Å². The molecule has 0 unspecified atom stereocenters. The number of nitrogens with one attached hydrogen (secondary N) is 1. The number of para-hydroxylation sites is 1. The molecule has 0 radical (unpaired) electrons. The summed E-state index contributed by atoms with van der Waals surface area (Å²) in [7, 11) is 0. The molecule has 1 aromatic heterocycles. The van der Waals surface area contributed by atoms with Gasteiger partial charge in [0.25, 0.3) is 0 Å². The van der Waals surface area contributed by atoms with Gasteiger partial charge in [0.05, 0.1) is 17.1 Å². The van der Waals surface area contributed by atoms with Crippen molar-refractivity contribution in [2.24, 2.45) is 5.92 Å². The minimum atomic E-state index is -0.709. The lowest BCUT2D eigenvalue weighted by Crippen LogP contribution is -2.44. The molecule has 2 heterocycles. The van der Waals surface area contributed by atoms with E-state index in [4.69, 9.17) is 5.10 Å². The van der Waals surface area contributed by atoms with Gasteiger partial charge in [-0.05, 0) is 43.9 Å². The molecule has 0 spiro atoms. The van der Waals surface area contributed by atoms with Gasteiger partial charge >= 0.3 is 0 Å². The van der Waals surface area contributed by atoms with Crippen molar-refractivity contribution in [3.05, 3.63) is 77.0 Å². The lowest BCUT2D eigenvalue weighted by atomic mass is 10.0. The van der Waals surface area contributed by atoms with Crippen LogP contribution in [0.5, 0.6) is 0 Å². The number of nitrogens with zero attached hydrogens (tertiary/aromatic N) is 3. The van der Waals surface area contributed by atoms with E-state index in [-0.39, 0.29) is 17.6 Å². The number of carbonyl (C=O) groups is 2. The van der Waals surface area contributed by atoms with Gasteiger partial charge < -0.3 is 10.2 Å². The Bertz CT molecular complexity index is 1160. The van der Waals surface area contributed by atoms with Crippen molar-refractivity contribution in [2.45, 2.75) is 51.7 Å². The number of amides is 2. The number of aryl methyl sites for hydroxylation is 2. The van der Waals surface area contributed by atoms with Crippen LogP contribution in [0.1, 0.15) is 48.7 Å². The van der Waals surface area contributed by atoms with Crippen molar-refractivity contribution < 1.29 is 9.59 Å². The van der Waals surface area contributed by atoms with Gasteiger partial charge in [0.2, 0.25) is 11.8 Å². The lowest BCUT2D eigenvalue weighted by Gasteiger charge is -2.30. The first-order valence-corrected chi connectivity index (χ1v) is 12.7. The Kier molecular flexibility index (Phi) is 7.41. The quantitative estimate of drug-likeness (QED) is 0.531. The number of hydrogen-bond acceptors (Lipinski definition) is 4. The van der Waals surface area contributed by atoms with E-state index in [1.165, 1.54) is 17.3 Å². The van der Waals surface area contributed by atoms with E-state index in [2.05, 4.69) is 19.2 Å². The molecular weight excluding hydrogens is 444 g/mol. The fraction of sp³-hybridized carbons (Fsp3) is 0.370. The number of fused-ring (bicyclic) bond motifs is 1. The highest BCUT2D eigenvalue weighted by Gasteiger charge is 2.39. The molecule has 0 bridgehead atoms. The van der Waals surface area contributed by atoms with E-state index in [1.54, 1.807) is 4.90 Å². The highest BCUT2D eigenvalue weighted by Crippen LogP contribution is 2.39. The van der Waals surface area contributed by atoms with Gasteiger partial charge in [-0.1, -0.05) is 73.6 Å². The molecule has 1 aliphatic rings. The smallest absolute Gasteiger partial charge is 0.247 e. The maximum absolute atomic E-state index is 13.7. The Hall–Kier alpha value is -3.06. The molecule has 34 heavy (non-hydrogen) atoms. The average Bonchev–Trinajstić information content (AvgIpc) is 3.07. The van der Waals surface area contributed by atoms with Crippen LogP contribution in [0.4, 0.5) is 0 Å². The van der Waals surface area contributed by atoms with Gasteiger partial charge in [-0.25, -0.2) is 4.68 Å². The van der Waals surface area contributed by atoms with Crippen LogP contribution in [-0.2, 0) is 16.1 Å². The molecule has 2 aromatic carbocycles. The minimum absolute atomic E-state index is 0.0173. The van der Waals surface area contributed by atoms with Crippen LogP contribution in [0.15, 0.2) is 59.6 Å². The van der Waals surface area contributed by atoms with Crippen molar-refractivity contribution >= 4 is 23.6 Å². The first-order valence-electron chi connectivity index (χ1n) is 11.8. The second-order valence-corrected chi connectivity index (χ2v) is 10.2. The first-order chi connectivity index (χ1) is 16.3. The molecule has 1 aliphatic heterocycles. The number of benzene rings is 2. The van der Waals surface area contributed by atoms with Crippen molar-refractivity contribution in [1.82, 2.24) is 20.0 Å². The monoisotopic (exact) mass is 476 g/mol. The predicted octanol–water partition coefficient (Wildman–Crippen LogP) is 4.83. The van der Waals surface area contributed by atoms with Crippen molar-refractivity contribution in [2.75, 3.05) is 12.3 Å². The fourth-order valence-electron chi connectivity index (χ4n) is 4.14. The minimum Gasteiger partial charge on any atom is -0.350 e. The van der Waals surface area contributed by atoms with Gasteiger partial charge in [-0.2, -0.15) is 5.10 Å². The van der Waals surface area contributed by atoms with Crippen LogP contribution in [0.2, 0.25) is 0 Å². The Morgan fingerprint density at radius 2 is 1.82 bits per heavy atom. The van der Waals surface area contributed by atoms with E-state index < -0.39 is 6.04 Å². The predicted molar refractivity (Wildman–Crippen MR) is 136 cm³/mol. The maximum atomic E-state index is 13.7. The third kappa shape index (κ3) is 5.20. The molecule has 4 rings (SSSR count). The molecule has 178 valence electrons. The summed E-state index contributed by atoms with van der Waals surface area (Å²) in [6.45, 7) is 9.18. The summed E-state index contributed by atoms with van der Waals surface area (Å²) in [5.41, 5.74) is 4.71. The normalized spacial score (nSPS) is 15.9. The molecule has 0 aliphatic carbocycles. The van der Waals surface area contributed by atoms with Gasteiger partial charge in [0.15, 0.2) is 0 Å². The van der Waals surface area contributed by atoms with Gasteiger partial charge in [0.1, 0.15) is 11.1 Å². The molecule has 1 N–H and O–H groups in total. The highest BCUT2D eigenvalue weighted by molar-refractivity contribution is 8.00. The fourth-order valence-corrected chi connectivity index (χ4v) is 5.25. The molecule has 6 nitrogen and oxygen atoms in total. The Morgan fingerprint density at radius 1 is 1.12 bits per heavy atom. The maximum Gasteiger partial charge on any atom is 0.247 e. The van der Waals surface area contributed by atoms with E-state index in [1.807, 2.05) is 73.1 Å². The number of thioether (sulfide) groups is 1. The SMILES string of the molecule is Cc1ccc(CNC(=O)[C@@H]2c3c(C)nn(-c4ccccc4)c3SCC(=O)N2CCC(C)C)cc1. The average molecular weight is 477 g/mol. The number of rotatable bonds is 7. The van der Waals surface area contributed by atoms with E-state index >= 15 is 0 Å². The Morgan fingerprint density at radius 3 is 2.50 bits per heavy atom. The molecule has 0 saturated carbocycles. The van der Waals surface area contributed by atoms with Gasteiger partial charge in [0, 0.05) is 18.7 Å². The number of carbonyl (C=O) groups excluding carboxylic acids is 2. The van der Waals surface area contributed by atoms with E-state index in [0.29, 0.717) is 19.0 Å². The molecular formula is C27H32N4O2S. The summed E-state index contributed by atoms with van der Waals surface area (Å²) in [5.74, 6) is 0.520. The third-order valence-electron chi connectivity index (χ3n) is 6.08. The summed E-state index contributed by atoms with van der Waals surface area (Å²) in [5, 5.41) is 8.75. The molecule has 3 aromatic rings. The summed E-state index contributed by atoms with van der Waals surface area (Å²) >= 11 is 1.46. The van der Waals surface area contributed by atoms with Crippen molar-refractivity contribution in [1.29, 1.82) is 0 Å². The summed E-state index contributed by atoms with van der Waals surface area (Å²) in [4.78, 5) is 28.7. The highest BCUT2D eigenvalue weighted by atomic mass is 32.2. The van der Waals surface area contributed by atoms with Crippen LogP contribution < -0.4 is 5.32 Å². The van der Waals surface area contributed by atoms with E-state index in [0.717, 1.165) is 34.0 Å². The van der Waals surface area contributed by atoms with Gasteiger partial charge in [-0.15, -0.1) is 0 Å². The summed E-state index contributed by atoms with van der Waals surface area (Å²) < 4.78 is 1.87. The van der Waals surface area contributed by atoms with Gasteiger partial charge in [-0.3, -0.25) is 9.59 Å². The van der Waals surface area contributed by atoms with Crippen LogP contribution in [0.3, 0.4) is 0 Å². The zero-order valence-electron chi connectivity index (χ0n) is 20.2. The second kappa shape index (κ2) is 10.5. The van der Waals surface area contributed by atoms with Crippen LogP contribution >= 0.6 is 11.8 Å². The first kappa shape index (κ1) is 24.1. The topological polar surface area (TPSA) is 67.2 Å². The zero-order chi connectivity index (χ0) is 24.2. The third-order valence-corrected chi connectivity index (χ3v) is 7.14. The second-order valence-electron chi connectivity index (χ2n) is 9.22. The van der Waals surface area contributed by atoms with E-state index in [9.17, 15) is 9.59 Å². The van der Waals surface area contributed by atoms with Crippen LogP contribution in [-0.4, -0.2) is 38.8 Å². The largest absolute Gasteiger partial charge is 0.350 e. The number of hydrogen-bond donors (Lipinski definition) is 1.